The molecule has 0 unspecified atom stereocenters. The number of unbranched alkanes of at least 4 members (excludes halogenated alkanes) is 1. The summed E-state index contributed by atoms with van der Waals surface area (Å²) in [6.07, 6.45) is 7.43. The van der Waals surface area contributed by atoms with Crippen LogP contribution in [0.1, 0.15) is 12.8 Å². The van der Waals surface area contributed by atoms with Crippen LogP contribution in [0.15, 0.2) is 36.1 Å². The first kappa shape index (κ1) is 16.4. The molecule has 0 saturated carbocycles. The van der Waals surface area contributed by atoms with Crippen LogP contribution < -0.4 is 0 Å². The summed E-state index contributed by atoms with van der Waals surface area (Å²) in [4.78, 5) is 31.3. The lowest BCUT2D eigenvalue weighted by Crippen LogP contribution is -2.22. The summed E-state index contributed by atoms with van der Waals surface area (Å²) in [5, 5.41) is 0. The maximum Gasteiger partial charge on any atom is 0.419 e. The number of rotatable bonds is 7. The minimum Gasteiger partial charge on any atom is -0.449 e. The summed E-state index contributed by atoms with van der Waals surface area (Å²) in [6.45, 7) is 3.76. The number of aromatic nitrogens is 2. The van der Waals surface area contributed by atoms with Gasteiger partial charge >= 0.3 is 12.2 Å². The fourth-order valence-corrected chi connectivity index (χ4v) is 1.27. The Kier molecular flexibility index (Phi) is 7.26. The molecule has 0 aromatic carbocycles. The highest BCUT2D eigenvalue weighted by molar-refractivity contribution is 5.70. The molecule has 8 nitrogen and oxygen atoms in total. The molecular weight excluding hydrogens is 276 g/mol. The van der Waals surface area contributed by atoms with E-state index in [2.05, 4.69) is 16.7 Å². The van der Waals surface area contributed by atoms with Gasteiger partial charge in [0.25, 0.3) is 0 Å². The van der Waals surface area contributed by atoms with E-state index in [1.165, 1.54) is 40.6 Å². The van der Waals surface area contributed by atoms with Crippen LogP contribution in [0.4, 0.5) is 9.59 Å². The number of ether oxygens (including phenoxy) is 2. The number of imidazole rings is 1. The lowest BCUT2D eigenvalue weighted by Gasteiger charge is -2.11. The van der Waals surface area contributed by atoms with E-state index in [0.717, 1.165) is 0 Å². The lowest BCUT2D eigenvalue weighted by molar-refractivity contribution is 0.114. The van der Waals surface area contributed by atoms with E-state index in [1.54, 1.807) is 7.05 Å². The van der Waals surface area contributed by atoms with Crippen molar-refractivity contribution in [2.24, 2.45) is 4.99 Å². The molecule has 0 aliphatic rings. The van der Waals surface area contributed by atoms with Gasteiger partial charge in [-0.1, -0.05) is 0 Å². The smallest absolute Gasteiger partial charge is 0.419 e. The lowest BCUT2D eigenvalue weighted by atomic mass is 10.3. The normalized spacial score (nSPS) is 10.3. The van der Waals surface area contributed by atoms with Crippen molar-refractivity contribution in [1.29, 1.82) is 0 Å². The van der Waals surface area contributed by atoms with Gasteiger partial charge in [-0.05, 0) is 19.6 Å². The van der Waals surface area contributed by atoms with Crippen molar-refractivity contribution in [1.82, 2.24) is 14.5 Å². The van der Waals surface area contributed by atoms with E-state index in [9.17, 15) is 9.59 Å². The van der Waals surface area contributed by atoms with Crippen molar-refractivity contribution in [2.45, 2.75) is 12.8 Å². The maximum absolute atomic E-state index is 11.4. The van der Waals surface area contributed by atoms with Crippen LogP contribution in [-0.4, -0.2) is 53.6 Å². The van der Waals surface area contributed by atoms with Gasteiger partial charge in [-0.3, -0.25) is 9.89 Å². The van der Waals surface area contributed by atoms with Crippen LogP contribution in [0, 0.1) is 0 Å². The van der Waals surface area contributed by atoms with Crippen molar-refractivity contribution in [3.63, 3.8) is 0 Å². The van der Waals surface area contributed by atoms with Crippen molar-refractivity contribution in [3.05, 3.63) is 31.1 Å². The first-order valence-electron chi connectivity index (χ1n) is 6.32. The molecule has 1 aromatic rings. The third-order valence-corrected chi connectivity index (χ3v) is 2.39. The number of hydrogen-bond donors (Lipinski definition) is 0. The Bertz CT molecular complexity index is 484. The summed E-state index contributed by atoms with van der Waals surface area (Å²) in [5.41, 5.74) is 0. The molecule has 0 fully saturated rings. The molecule has 0 spiro atoms. The van der Waals surface area contributed by atoms with Crippen molar-refractivity contribution in [3.8, 4) is 0 Å². The molecule has 0 N–H and O–H groups in total. The molecule has 0 atom stereocenters. The Labute approximate surface area is 122 Å². The second-order valence-electron chi connectivity index (χ2n) is 4.00. The molecule has 1 amide bonds. The molecule has 0 saturated heterocycles. The van der Waals surface area contributed by atoms with Gasteiger partial charge in [0.1, 0.15) is 6.33 Å². The summed E-state index contributed by atoms with van der Waals surface area (Å²) in [7, 11) is 1.55. The number of carbonyl (C=O) groups excluding carboxylic acids is 2. The molecule has 0 aliphatic heterocycles. The third kappa shape index (κ3) is 6.37. The topological polar surface area (TPSA) is 86.0 Å². The number of hydrogen-bond acceptors (Lipinski definition) is 6. The summed E-state index contributed by atoms with van der Waals surface area (Å²) < 4.78 is 11.2. The van der Waals surface area contributed by atoms with E-state index < -0.39 is 12.2 Å². The molecule has 0 aliphatic carbocycles. The minimum atomic E-state index is -0.481. The first-order valence-corrected chi connectivity index (χ1v) is 6.32. The van der Waals surface area contributed by atoms with Crippen LogP contribution in [0.5, 0.6) is 0 Å². The van der Waals surface area contributed by atoms with E-state index in [1.807, 2.05) is 0 Å². The van der Waals surface area contributed by atoms with Crippen LogP contribution >= 0.6 is 0 Å². The quantitative estimate of drug-likeness (QED) is 0.566. The summed E-state index contributed by atoms with van der Waals surface area (Å²) in [6, 6.07) is 0. The van der Waals surface area contributed by atoms with Gasteiger partial charge < -0.3 is 9.47 Å². The summed E-state index contributed by atoms with van der Waals surface area (Å²) in [5.74, 6) is 0. The Balaban J connectivity index is 2.07. The zero-order chi connectivity index (χ0) is 15.5. The highest BCUT2D eigenvalue weighted by atomic mass is 16.6. The van der Waals surface area contributed by atoms with Crippen molar-refractivity contribution in [2.75, 3.05) is 20.3 Å². The molecule has 114 valence electrons. The largest absolute Gasteiger partial charge is 0.449 e. The fraction of sp³-hybridized carbons (Fsp3) is 0.385. The number of nitrogens with zero attached hydrogens (tertiary/aromatic N) is 4. The van der Waals surface area contributed by atoms with Crippen molar-refractivity contribution < 1.29 is 19.1 Å². The first-order chi connectivity index (χ1) is 10.1. The van der Waals surface area contributed by atoms with Crippen LogP contribution in [0.25, 0.3) is 0 Å². The van der Waals surface area contributed by atoms with Crippen LogP contribution in [0.2, 0.25) is 0 Å². The van der Waals surface area contributed by atoms with Crippen LogP contribution in [-0.2, 0) is 9.47 Å². The highest BCUT2D eigenvalue weighted by Gasteiger charge is 2.07. The number of aliphatic imine (C=N–C) groups is 1. The van der Waals surface area contributed by atoms with E-state index in [-0.39, 0.29) is 13.2 Å². The SMILES string of the molecule is C=N/C=C\N(C)C(=O)OCCCCOC(=O)n1ccnc1. The number of amides is 1. The van der Waals surface area contributed by atoms with Gasteiger partial charge in [0.05, 0.1) is 13.2 Å². The average Bonchev–Trinajstić information content (AvgIpc) is 3.02. The monoisotopic (exact) mass is 294 g/mol. The molecule has 1 rings (SSSR count). The number of carbonyl (C=O) groups is 2. The van der Waals surface area contributed by atoms with Gasteiger partial charge in [0.2, 0.25) is 0 Å². The van der Waals surface area contributed by atoms with Gasteiger partial charge in [0, 0.05) is 31.8 Å². The van der Waals surface area contributed by atoms with Gasteiger partial charge in [0.15, 0.2) is 0 Å². The predicted octanol–water partition coefficient (Wildman–Crippen LogP) is 1.89. The highest BCUT2D eigenvalue weighted by Crippen LogP contribution is 1.98. The molecule has 0 bridgehead atoms. The van der Waals surface area contributed by atoms with Gasteiger partial charge in [-0.2, -0.15) is 0 Å². The zero-order valence-corrected chi connectivity index (χ0v) is 11.8. The van der Waals surface area contributed by atoms with E-state index in [4.69, 9.17) is 9.47 Å². The molecule has 1 aromatic heterocycles. The second kappa shape index (κ2) is 9.29. The van der Waals surface area contributed by atoms with Crippen LogP contribution in [0.3, 0.4) is 0 Å². The predicted molar refractivity (Wildman–Crippen MR) is 76.0 cm³/mol. The van der Waals surface area contributed by atoms with Gasteiger partial charge in [-0.15, -0.1) is 0 Å². The maximum atomic E-state index is 11.4. The molecular formula is C13H18N4O4. The molecule has 1 heterocycles. The van der Waals surface area contributed by atoms with E-state index >= 15 is 0 Å². The van der Waals surface area contributed by atoms with E-state index in [0.29, 0.717) is 12.8 Å². The Morgan fingerprint density at radius 3 is 2.71 bits per heavy atom. The third-order valence-electron chi connectivity index (χ3n) is 2.39. The molecule has 8 heteroatoms. The Morgan fingerprint density at radius 2 is 2.10 bits per heavy atom. The zero-order valence-electron chi connectivity index (χ0n) is 11.8. The fourth-order valence-electron chi connectivity index (χ4n) is 1.27. The minimum absolute atomic E-state index is 0.251. The Hall–Kier alpha value is -2.64. The molecule has 0 radical (unpaired) electrons. The summed E-state index contributed by atoms with van der Waals surface area (Å²) >= 11 is 0. The van der Waals surface area contributed by atoms with Crippen molar-refractivity contribution >= 4 is 18.9 Å². The Morgan fingerprint density at radius 1 is 1.38 bits per heavy atom. The van der Waals surface area contributed by atoms with Gasteiger partial charge in [-0.25, -0.2) is 19.1 Å². The average molecular weight is 294 g/mol. The standard InChI is InChI=1S/C13H18N4O4/c1-14-5-7-16(2)12(18)20-9-3-4-10-21-13(19)17-8-6-15-11-17/h5-8,11H,1,3-4,9-10H2,2H3/b7-5-. The second-order valence-corrected chi connectivity index (χ2v) is 4.00. The molecule has 21 heavy (non-hydrogen) atoms.